The first-order valence-corrected chi connectivity index (χ1v) is 8.68. The topological polar surface area (TPSA) is 67.3 Å². The second kappa shape index (κ2) is 6.49. The number of rotatable bonds is 5. The lowest BCUT2D eigenvalue weighted by molar-refractivity contribution is 0.0944. The molecule has 6 heteroatoms. The number of furan rings is 1. The lowest BCUT2D eigenvalue weighted by Crippen LogP contribution is -2.22. The maximum atomic E-state index is 12.4. The monoisotopic (exact) mass is 352 g/mol. The van der Waals surface area contributed by atoms with Crippen molar-refractivity contribution in [2.45, 2.75) is 6.54 Å². The van der Waals surface area contributed by atoms with E-state index < -0.39 is 0 Å². The molecule has 1 amide bonds. The molecule has 5 nitrogen and oxygen atoms in total. The Bertz CT molecular complexity index is 1010. The van der Waals surface area contributed by atoms with Crippen molar-refractivity contribution in [1.29, 1.82) is 0 Å². The third-order valence-electron chi connectivity index (χ3n) is 3.92. The molecule has 0 saturated carbocycles. The number of aromatic nitrogens is 1. The Morgan fingerprint density at radius 3 is 2.96 bits per heavy atom. The zero-order valence-corrected chi connectivity index (χ0v) is 14.4. The number of hydrogen-bond acceptors (Lipinski definition) is 4. The molecule has 0 aliphatic rings. The highest BCUT2D eigenvalue weighted by Crippen LogP contribution is 2.26. The number of hydrogen-bond donors (Lipinski definition) is 2. The maximum absolute atomic E-state index is 12.4. The average molecular weight is 352 g/mol. The molecule has 4 aromatic rings. The third-order valence-corrected chi connectivity index (χ3v) is 4.81. The van der Waals surface area contributed by atoms with Crippen LogP contribution in [0.1, 0.15) is 16.2 Å². The van der Waals surface area contributed by atoms with Crippen molar-refractivity contribution in [3.8, 4) is 16.4 Å². The van der Waals surface area contributed by atoms with Crippen LogP contribution < -0.4 is 10.1 Å². The maximum Gasteiger partial charge on any atom is 0.268 e. The molecule has 0 aliphatic carbocycles. The predicted molar refractivity (Wildman–Crippen MR) is 98.0 cm³/mol. The molecule has 3 aromatic heterocycles. The number of benzene rings is 1. The Hall–Kier alpha value is -2.99. The quantitative estimate of drug-likeness (QED) is 0.558. The van der Waals surface area contributed by atoms with Crippen molar-refractivity contribution in [2.75, 3.05) is 7.11 Å². The molecule has 126 valence electrons. The highest BCUT2D eigenvalue weighted by atomic mass is 32.1. The molecule has 3 heterocycles. The van der Waals surface area contributed by atoms with Crippen molar-refractivity contribution in [3.05, 3.63) is 65.4 Å². The van der Waals surface area contributed by atoms with Crippen molar-refractivity contribution in [1.82, 2.24) is 10.3 Å². The lowest BCUT2D eigenvalue weighted by Gasteiger charge is -2.01. The number of thiophene rings is 1. The minimum absolute atomic E-state index is 0.177. The van der Waals surface area contributed by atoms with E-state index in [4.69, 9.17) is 9.15 Å². The van der Waals surface area contributed by atoms with Gasteiger partial charge in [-0.15, -0.1) is 11.3 Å². The van der Waals surface area contributed by atoms with Crippen molar-refractivity contribution in [2.24, 2.45) is 0 Å². The van der Waals surface area contributed by atoms with E-state index >= 15 is 0 Å². The minimum Gasteiger partial charge on any atom is -0.497 e. The van der Waals surface area contributed by atoms with Gasteiger partial charge in [0.05, 0.1) is 18.5 Å². The number of aromatic amines is 1. The van der Waals surface area contributed by atoms with E-state index in [1.165, 1.54) is 0 Å². The van der Waals surface area contributed by atoms with E-state index in [1.54, 1.807) is 18.4 Å². The van der Waals surface area contributed by atoms with Gasteiger partial charge in [-0.1, -0.05) is 6.07 Å². The molecule has 0 saturated heterocycles. The molecule has 0 spiro atoms. The predicted octanol–water partition coefficient (Wildman–Crippen LogP) is 4.43. The van der Waals surface area contributed by atoms with E-state index in [-0.39, 0.29) is 5.91 Å². The van der Waals surface area contributed by atoms with Crippen LogP contribution in [0.15, 0.2) is 58.3 Å². The fraction of sp³-hybridized carbons (Fsp3) is 0.105. The van der Waals surface area contributed by atoms with Crippen LogP contribution in [0.2, 0.25) is 0 Å². The van der Waals surface area contributed by atoms with Gasteiger partial charge in [-0.25, -0.2) is 0 Å². The van der Waals surface area contributed by atoms with Crippen LogP contribution in [0.25, 0.3) is 21.5 Å². The summed E-state index contributed by atoms with van der Waals surface area (Å²) in [5, 5.41) is 5.84. The van der Waals surface area contributed by atoms with Gasteiger partial charge in [0, 0.05) is 17.0 Å². The first kappa shape index (κ1) is 15.5. The molecule has 25 heavy (non-hydrogen) atoms. The van der Waals surface area contributed by atoms with Crippen LogP contribution in [0, 0.1) is 0 Å². The summed E-state index contributed by atoms with van der Waals surface area (Å²) in [4.78, 5) is 16.5. The first-order chi connectivity index (χ1) is 12.2. The zero-order valence-electron chi connectivity index (χ0n) is 13.5. The van der Waals surface area contributed by atoms with Gasteiger partial charge in [-0.2, -0.15) is 0 Å². The molecule has 0 fully saturated rings. The van der Waals surface area contributed by atoms with Crippen LogP contribution >= 0.6 is 11.3 Å². The normalized spacial score (nSPS) is 10.9. The summed E-state index contributed by atoms with van der Waals surface area (Å²) in [6.45, 7) is 0.336. The molecule has 1 aromatic carbocycles. The fourth-order valence-electron chi connectivity index (χ4n) is 2.64. The number of amides is 1. The molecule has 0 unspecified atom stereocenters. The minimum atomic E-state index is -0.177. The molecule has 2 N–H and O–H groups in total. The summed E-state index contributed by atoms with van der Waals surface area (Å²) in [6, 6.07) is 15.3. The van der Waals surface area contributed by atoms with E-state index in [0.29, 0.717) is 12.2 Å². The molecular weight excluding hydrogens is 336 g/mol. The standard InChI is InChI=1S/C19H16N2O3S/c1-23-13-5-4-12-9-16(21-15(12)10-13)19(22)20-11-14-6-7-17(24-14)18-3-2-8-25-18/h2-10,21H,11H2,1H3,(H,20,22). The van der Waals surface area contributed by atoms with Gasteiger partial charge in [-0.05, 0) is 41.8 Å². The Kier molecular flexibility index (Phi) is 4.03. The smallest absolute Gasteiger partial charge is 0.268 e. The Morgan fingerprint density at radius 1 is 1.24 bits per heavy atom. The Labute approximate surface area is 148 Å². The summed E-state index contributed by atoms with van der Waals surface area (Å²) >= 11 is 1.62. The van der Waals surface area contributed by atoms with Gasteiger partial charge >= 0.3 is 0 Å². The summed E-state index contributed by atoms with van der Waals surface area (Å²) in [7, 11) is 1.62. The van der Waals surface area contributed by atoms with E-state index in [1.807, 2.05) is 53.9 Å². The number of methoxy groups -OCH3 is 1. The number of carbonyl (C=O) groups excluding carboxylic acids is 1. The van der Waals surface area contributed by atoms with E-state index in [2.05, 4.69) is 10.3 Å². The van der Waals surface area contributed by atoms with Gasteiger partial charge in [0.25, 0.3) is 5.91 Å². The molecule has 0 radical (unpaired) electrons. The number of nitrogens with one attached hydrogen (secondary N) is 2. The van der Waals surface area contributed by atoms with Gasteiger partial charge < -0.3 is 19.5 Å². The molecule has 0 bridgehead atoms. The fourth-order valence-corrected chi connectivity index (χ4v) is 3.33. The molecule has 0 atom stereocenters. The van der Waals surface area contributed by atoms with Crippen LogP contribution in [-0.4, -0.2) is 18.0 Å². The lowest BCUT2D eigenvalue weighted by atomic mass is 10.2. The highest BCUT2D eigenvalue weighted by Gasteiger charge is 2.11. The van der Waals surface area contributed by atoms with Crippen LogP contribution in [0.4, 0.5) is 0 Å². The van der Waals surface area contributed by atoms with Crippen LogP contribution in [0.3, 0.4) is 0 Å². The Morgan fingerprint density at radius 2 is 2.16 bits per heavy atom. The molecule has 0 aliphatic heterocycles. The zero-order chi connectivity index (χ0) is 17.2. The van der Waals surface area contributed by atoms with Gasteiger partial charge in [0.2, 0.25) is 0 Å². The van der Waals surface area contributed by atoms with Crippen LogP contribution in [0.5, 0.6) is 5.75 Å². The van der Waals surface area contributed by atoms with Gasteiger partial charge in [-0.3, -0.25) is 4.79 Å². The summed E-state index contributed by atoms with van der Waals surface area (Å²) in [6.07, 6.45) is 0. The Balaban J connectivity index is 1.45. The first-order valence-electron chi connectivity index (χ1n) is 7.80. The number of H-pyrrole nitrogens is 1. The van der Waals surface area contributed by atoms with Crippen molar-refractivity contribution in [3.63, 3.8) is 0 Å². The third kappa shape index (κ3) is 3.16. The average Bonchev–Trinajstić information content (AvgIpc) is 3.38. The SMILES string of the molecule is COc1ccc2cc(C(=O)NCc3ccc(-c4cccs4)o3)[nH]c2c1. The highest BCUT2D eigenvalue weighted by molar-refractivity contribution is 7.13. The van der Waals surface area contributed by atoms with Gasteiger partial charge in [0.1, 0.15) is 23.0 Å². The summed E-state index contributed by atoms with van der Waals surface area (Å²) in [5.41, 5.74) is 1.37. The van der Waals surface area contributed by atoms with Crippen LogP contribution in [-0.2, 0) is 6.54 Å². The van der Waals surface area contributed by atoms with E-state index in [0.717, 1.165) is 33.1 Å². The van der Waals surface area contributed by atoms with Gasteiger partial charge in [0.15, 0.2) is 0 Å². The molecule has 4 rings (SSSR count). The van der Waals surface area contributed by atoms with Crippen molar-refractivity contribution < 1.29 is 13.9 Å². The van der Waals surface area contributed by atoms with E-state index in [9.17, 15) is 4.79 Å². The largest absolute Gasteiger partial charge is 0.497 e. The number of fused-ring (bicyclic) bond motifs is 1. The second-order valence-electron chi connectivity index (χ2n) is 5.56. The number of ether oxygens (including phenoxy) is 1. The summed E-state index contributed by atoms with van der Waals surface area (Å²) < 4.78 is 11.0. The summed E-state index contributed by atoms with van der Waals surface area (Å²) in [5.74, 6) is 2.11. The van der Waals surface area contributed by atoms with Crippen molar-refractivity contribution >= 4 is 28.1 Å². The number of carbonyl (C=O) groups is 1. The second-order valence-corrected chi connectivity index (χ2v) is 6.51. The molecular formula is C19H16N2O3S.